The Balaban J connectivity index is 0.000000159. The molecule has 0 aliphatic heterocycles. The number of methoxy groups -OCH3 is 1. The summed E-state index contributed by atoms with van der Waals surface area (Å²) in [5, 5.41) is 59.9. The normalized spacial score (nSPS) is 10.4. The maximum atomic E-state index is 8.85. The van der Waals surface area contributed by atoms with E-state index >= 15 is 0 Å². The molecule has 0 fully saturated rings. The van der Waals surface area contributed by atoms with Gasteiger partial charge >= 0.3 is 0 Å². The van der Waals surface area contributed by atoms with Crippen molar-refractivity contribution < 1.29 is 29.9 Å². The van der Waals surface area contributed by atoms with E-state index in [1.54, 1.807) is 56.2 Å². The lowest BCUT2D eigenvalue weighted by Crippen LogP contribution is -2.08. The summed E-state index contributed by atoms with van der Waals surface area (Å²) in [5.41, 5.74) is 8.42. The summed E-state index contributed by atoms with van der Waals surface area (Å²) >= 11 is 0. The maximum Gasteiger partial charge on any atom is 0.229 e. The summed E-state index contributed by atoms with van der Waals surface area (Å²) in [6, 6.07) is 68.6. The number of nitrogens with one attached hydrogen (secondary N) is 8. The topological polar surface area (TPSA) is 299 Å². The number of hydrogen-bond donors (Lipinski definition) is 12. The number of hydrogen-bond acceptors (Lipinski definition) is 22. The van der Waals surface area contributed by atoms with Gasteiger partial charge in [0.1, 0.15) is 40.5 Å². The number of aromatic nitrogens is 8. The zero-order valence-electron chi connectivity index (χ0n) is 50.7. The molecule has 7 aromatic carbocycles. The van der Waals surface area contributed by atoms with Crippen LogP contribution in [0.3, 0.4) is 0 Å². The first-order valence-corrected chi connectivity index (χ1v) is 29.5. The number of aliphatic hydroxyl groups is 4. The van der Waals surface area contributed by atoms with Crippen molar-refractivity contribution in [2.24, 2.45) is 0 Å². The minimum atomic E-state index is 0.0512. The molecule has 0 spiro atoms. The molecule has 0 unspecified atom stereocenters. The lowest BCUT2D eigenvalue weighted by Gasteiger charge is -2.09. The molecule has 11 rings (SSSR count). The molecule has 11 aromatic rings. The monoisotopic (exact) mass is 1230 g/mol. The van der Waals surface area contributed by atoms with Crippen LogP contribution in [0.1, 0.15) is 22.3 Å². The highest BCUT2D eigenvalue weighted by Crippen LogP contribution is 2.25. The second-order valence-corrected chi connectivity index (χ2v) is 19.6. The van der Waals surface area contributed by atoms with Crippen LogP contribution in [0.2, 0.25) is 0 Å². The third kappa shape index (κ3) is 24.2. The number of para-hydroxylation sites is 1. The predicted molar refractivity (Wildman–Crippen MR) is 367 cm³/mol. The zero-order valence-corrected chi connectivity index (χ0v) is 50.7. The van der Waals surface area contributed by atoms with Crippen LogP contribution in [0.25, 0.3) is 12.2 Å². The Morgan fingerprint density at radius 2 is 0.630 bits per heavy atom. The molecule has 22 nitrogen and oxygen atoms in total. The third-order valence-electron chi connectivity index (χ3n) is 12.6. The Bertz CT molecular complexity index is 3730. The van der Waals surface area contributed by atoms with Crippen LogP contribution in [0.15, 0.2) is 237 Å². The standard InChI is InChI=1S/C20H20N4O.C19H20N4O.C18H18N4O2.C13H16N4O2/c25-15-14-21-19-12-13-22-20(24-19)23-18-10-8-17(9-11-18)7-6-16-4-2-1-3-5-16;24-13-12-20-18-10-11-21-19(23-18)22-17-8-6-16(7-9-17)14-15-4-2-1-3-5-15;23-13-12-19-17-10-11-20-18(22-17)21-14-6-8-16(9-7-14)24-15-4-2-1-3-5-15;1-19-11-4-2-10(3-5-11)16-13-15-7-6-12(17-13)14-8-9-18/h1-13,25H,14-15H2,(H2,21,22,23,24);1-11,24H,12-14H2,(H2,20,21,22,23);1-11,23H,12-13H2,(H2,19,20,21,22);2-7,18H,8-9H2,1H3,(H2,14,15,16,17)/b7-6+;;;. The Morgan fingerprint density at radius 1 is 0.326 bits per heavy atom. The molecule has 0 amide bonds. The smallest absolute Gasteiger partial charge is 0.229 e. The number of anilines is 12. The first-order valence-electron chi connectivity index (χ1n) is 29.5. The molecule has 0 saturated heterocycles. The van der Waals surface area contributed by atoms with E-state index in [1.165, 1.54) is 16.7 Å². The van der Waals surface area contributed by atoms with Crippen LogP contribution in [0, 0.1) is 0 Å². The third-order valence-corrected chi connectivity index (χ3v) is 12.6. The van der Waals surface area contributed by atoms with Crippen molar-refractivity contribution in [3.63, 3.8) is 0 Å². The summed E-state index contributed by atoms with van der Waals surface area (Å²) in [6.45, 7) is 2.06. The SMILES string of the molecule is COc1ccc(Nc2nccc(NCCO)n2)cc1.OCCNc1ccnc(Nc2ccc(/C=C/c3ccccc3)cc2)n1.OCCNc1ccnc(Nc2ccc(Cc3ccccc3)cc2)n1.OCCNc1ccnc(Nc2ccc(Oc3ccccc3)cc2)n1. The molecule has 0 saturated carbocycles. The van der Waals surface area contributed by atoms with Gasteiger partial charge in [0.05, 0.1) is 33.5 Å². The number of ether oxygens (including phenoxy) is 2. The molecule has 4 aromatic heterocycles. The van der Waals surface area contributed by atoms with Gasteiger partial charge in [-0.25, -0.2) is 19.9 Å². The van der Waals surface area contributed by atoms with Crippen LogP contribution in [-0.4, -0.2) is 120 Å². The number of aliphatic hydroxyl groups excluding tert-OH is 4. The molecule has 0 aliphatic rings. The Labute approximate surface area is 534 Å². The Hall–Kier alpha value is -11.6. The second kappa shape index (κ2) is 38.0. The van der Waals surface area contributed by atoms with E-state index in [-0.39, 0.29) is 26.4 Å². The van der Waals surface area contributed by atoms with E-state index < -0.39 is 0 Å². The molecule has 0 bridgehead atoms. The van der Waals surface area contributed by atoms with Crippen LogP contribution in [0.5, 0.6) is 17.2 Å². The van der Waals surface area contributed by atoms with Gasteiger partial charge in [-0.2, -0.15) is 19.9 Å². The van der Waals surface area contributed by atoms with E-state index in [9.17, 15) is 0 Å². The van der Waals surface area contributed by atoms with Gasteiger partial charge in [-0.3, -0.25) is 0 Å². The molecule has 0 atom stereocenters. The largest absolute Gasteiger partial charge is 0.497 e. The number of rotatable bonds is 27. The van der Waals surface area contributed by atoms with E-state index in [0.717, 1.165) is 52.0 Å². The fraction of sp³-hybridized carbons (Fsp3) is 0.143. The maximum absolute atomic E-state index is 8.85. The van der Waals surface area contributed by atoms with E-state index in [2.05, 4.69) is 143 Å². The molecule has 470 valence electrons. The van der Waals surface area contributed by atoms with Gasteiger partial charge in [0.2, 0.25) is 23.8 Å². The first-order chi connectivity index (χ1) is 45.3. The second-order valence-electron chi connectivity index (χ2n) is 19.6. The van der Waals surface area contributed by atoms with Gasteiger partial charge in [0.15, 0.2) is 0 Å². The number of benzene rings is 7. The Kier molecular flexibility index (Phi) is 27.4. The first kappa shape index (κ1) is 66.4. The highest BCUT2D eigenvalue weighted by molar-refractivity contribution is 5.71. The molecule has 4 heterocycles. The van der Waals surface area contributed by atoms with Crippen LogP contribution < -0.4 is 52.0 Å². The van der Waals surface area contributed by atoms with Crippen molar-refractivity contribution in [2.75, 3.05) is 102 Å². The van der Waals surface area contributed by atoms with Gasteiger partial charge in [-0.05, 0) is 138 Å². The lowest BCUT2D eigenvalue weighted by atomic mass is 10.1. The average Bonchev–Trinajstić information content (AvgIpc) is 3.69. The molecule has 0 radical (unpaired) electrons. The molecular weight excluding hydrogens is 1160 g/mol. The molecular formula is C70H74N16O6. The molecule has 92 heavy (non-hydrogen) atoms. The highest BCUT2D eigenvalue weighted by Gasteiger charge is 2.06. The van der Waals surface area contributed by atoms with Crippen LogP contribution in [0.4, 0.5) is 69.8 Å². The van der Waals surface area contributed by atoms with Gasteiger partial charge < -0.3 is 72.4 Å². The van der Waals surface area contributed by atoms with Crippen molar-refractivity contribution in [1.82, 2.24) is 39.9 Å². The fourth-order valence-electron chi connectivity index (χ4n) is 8.20. The van der Waals surface area contributed by atoms with E-state index in [4.69, 9.17) is 29.9 Å². The summed E-state index contributed by atoms with van der Waals surface area (Å²) < 4.78 is 10.8. The summed E-state index contributed by atoms with van der Waals surface area (Å²) in [5.74, 6) is 7.04. The summed E-state index contributed by atoms with van der Waals surface area (Å²) in [4.78, 5) is 34.0. The van der Waals surface area contributed by atoms with Crippen LogP contribution in [-0.2, 0) is 6.42 Å². The fourth-order valence-corrected chi connectivity index (χ4v) is 8.20. The summed E-state index contributed by atoms with van der Waals surface area (Å²) in [6.07, 6.45) is 11.7. The molecule has 22 heteroatoms. The minimum absolute atomic E-state index is 0.0512. The molecule has 12 N–H and O–H groups in total. The Morgan fingerprint density at radius 3 is 1.00 bits per heavy atom. The van der Waals surface area contributed by atoms with Gasteiger partial charge in [-0.1, -0.05) is 115 Å². The van der Waals surface area contributed by atoms with Crippen molar-refractivity contribution in [3.8, 4) is 17.2 Å². The number of nitrogens with zero attached hydrogens (tertiary/aromatic N) is 8. The zero-order chi connectivity index (χ0) is 64.1. The quantitative estimate of drug-likeness (QED) is 0.0213. The summed E-state index contributed by atoms with van der Waals surface area (Å²) in [7, 11) is 1.63. The van der Waals surface area contributed by atoms with Crippen molar-refractivity contribution in [1.29, 1.82) is 0 Å². The predicted octanol–water partition coefficient (Wildman–Crippen LogP) is 12.1. The molecule has 0 aliphatic carbocycles. The lowest BCUT2D eigenvalue weighted by molar-refractivity contribution is 0.310. The minimum Gasteiger partial charge on any atom is -0.497 e. The highest BCUT2D eigenvalue weighted by atomic mass is 16.5. The van der Waals surface area contributed by atoms with E-state index in [1.807, 2.05) is 140 Å². The van der Waals surface area contributed by atoms with Crippen LogP contribution >= 0.6 is 0 Å². The average molecular weight is 1240 g/mol. The van der Waals surface area contributed by atoms with Gasteiger partial charge in [0.25, 0.3) is 0 Å². The van der Waals surface area contributed by atoms with E-state index in [0.29, 0.717) is 73.2 Å². The van der Waals surface area contributed by atoms with Gasteiger partial charge in [-0.15, -0.1) is 0 Å². The van der Waals surface area contributed by atoms with Gasteiger partial charge in [0, 0.05) is 73.7 Å². The van der Waals surface area contributed by atoms with Crippen molar-refractivity contribution >= 4 is 82.0 Å². The van der Waals surface area contributed by atoms with Crippen molar-refractivity contribution in [2.45, 2.75) is 6.42 Å². The van der Waals surface area contributed by atoms with Crippen molar-refractivity contribution in [3.05, 3.63) is 259 Å².